The maximum atomic E-state index is 12.7. The van der Waals surface area contributed by atoms with E-state index in [2.05, 4.69) is 5.32 Å². The molecule has 2 amide bonds. The Balaban J connectivity index is 1.43. The van der Waals surface area contributed by atoms with E-state index in [1.807, 2.05) is 35.2 Å². The lowest BCUT2D eigenvalue weighted by Crippen LogP contribution is -2.56. The van der Waals surface area contributed by atoms with Gasteiger partial charge < -0.3 is 10.2 Å². The molecule has 1 N–H and O–H groups in total. The lowest BCUT2D eigenvalue weighted by molar-refractivity contribution is -0.134. The minimum atomic E-state index is -0.131. The van der Waals surface area contributed by atoms with Crippen molar-refractivity contribution in [2.45, 2.75) is 50.5 Å². The lowest BCUT2D eigenvalue weighted by Gasteiger charge is -2.43. The van der Waals surface area contributed by atoms with Crippen LogP contribution in [0.4, 0.5) is 0 Å². The fraction of sp³-hybridized carbons (Fsp3) is 0.600. The van der Waals surface area contributed by atoms with E-state index in [4.69, 9.17) is 0 Å². The van der Waals surface area contributed by atoms with Gasteiger partial charge >= 0.3 is 0 Å². The van der Waals surface area contributed by atoms with Crippen LogP contribution in [0, 0.1) is 11.8 Å². The fourth-order valence-corrected chi connectivity index (χ4v) is 3.90. The van der Waals surface area contributed by atoms with Crippen LogP contribution in [-0.4, -0.2) is 35.3 Å². The molecular weight excluding hydrogens is 300 g/mol. The molecule has 1 aromatic carbocycles. The second-order valence-corrected chi connectivity index (χ2v) is 7.85. The Morgan fingerprint density at radius 3 is 2.29 bits per heavy atom. The van der Waals surface area contributed by atoms with Gasteiger partial charge in [0.15, 0.2) is 0 Å². The molecule has 1 saturated heterocycles. The molecule has 24 heavy (non-hydrogen) atoms. The van der Waals surface area contributed by atoms with Crippen molar-refractivity contribution in [2.75, 3.05) is 13.1 Å². The zero-order valence-corrected chi connectivity index (χ0v) is 14.2. The zero-order valence-electron chi connectivity index (χ0n) is 14.2. The monoisotopic (exact) mass is 326 g/mol. The Morgan fingerprint density at radius 2 is 1.71 bits per heavy atom. The van der Waals surface area contributed by atoms with Gasteiger partial charge in [-0.15, -0.1) is 0 Å². The molecule has 0 unspecified atom stereocenters. The topological polar surface area (TPSA) is 49.4 Å². The molecule has 4 nitrogen and oxygen atoms in total. The molecule has 4 heteroatoms. The summed E-state index contributed by atoms with van der Waals surface area (Å²) in [5, 5.41) is 3.35. The number of nitrogens with one attached hydrogen (secondary N) is 1. The molecule has 0 bridgehead atoms. The molecule has 1 aromatic rings. The minimum Gasteiger partial charge on any atom is -0.346 e. The maximum Gasteiger partial charge on any atom is 0.251 e. The molecule has 128 valence electrons. The second-order valence-electron chi connectivity index (χ2n) is 7.85. The average molecular weight is 326 g/mol. The highest BCUT2D eigenvalue weighted by molar-refractivity contribution is 5.94. The summed E-state index contributed by atoms with van der Waals surface area (Å²) in [6.07, 6.45) is 7.54. The van der Waals surface area contributed by atoms with Crippen LogP contribution in [0.15, 0.2) is 30.3 Å². The molecule has 0 atom stereocenters. The van der Waals surface area contributed by atoms with E-state index in [-0.39, 0.29) is 11.4 Å². The summed E-state index contributed by atoms with van der Waals surface area (Å²) in [5.41, 5.74) is 0.596. The van der Waals surface area contributed by atoms with Crippen LogP contribution in [-0.2, 0) is 4.79 Å². The summed E-state index contributed by atoms with van der Waals surface area (Å²) >= 11 is 0. The van der Waals surface area contributed by atoms with E-state index in [1.165, 1.54) is 12.8 Å². The molecule has 1 aliphatic heterocycles. The van der Waals surface area contributed by atoms with Gasteiger partial charge in [-0.05, 0) is 50.2 Å². The SMILES string of the molecule is O=C(NC1(CC2CC2)CCN(C(=O)C2CC2)CC1)c1ccccc1. The fourth-order valence-electron chi connectivity index (χ4n) is 3.90. The number of nitrogens with zero attached hydrogens (tertiary/aromatic N) is 1. The summed E-state index contributed by atoms with van der Waals surface area (Å²) in [6.45, 7) is 1.58. The van der Waals surface area contributed by atoms with Gasteiger partial charge in [0.05, 0.1) is 0 Å². The number of benzene rings is 1. The van der Waals surface area contributed by atoms with Crippen molar-refractivity contribution in [1.29, 1.82) is 0 Å². The standard InChI is InChI=1S/C20H26N2O2/c23-18(16-4-2-1-3-5-16)21-20(14-15-6-7-15)10-12-22(13-11-20)19(24)17-8-9-17/h1-5,15,17H,6-14H2,(H,21,23). The Kier molecular flexibility index (Phi) is 4.07. The smallest absolute Gasteiger partial charge is 0.251 e. The Labute approximate surface area is 143 Å². The number of amides is 2. The lowest BCUT2D eigenvalue weighted by atomic mass is 9.82. The van der Waals surface area contributed by atoms with Gasteiger partial charge in [0.2, 0.25) is 5.91 Å². The Morgan fingerprint density at radius 1 is 1.04 bits per heavy atom. The first-order valence-corrected chi connectivity index (χ1v) is 9.32. The molecule has 0 aromatic heterocycles. The minimum absolute atomic E-state index is 0.0261. The number of piperidine rings is 1. The van der Waals surface area contributed by atoms with Crippen molar-refractivity contribution in [2.24, 2.45) is 11.8 Å². The first-order valence-electron chi connectivity index (χ1n) is 9.32. The number of rotatable bonds is 5. The summed E-state index contributed by atoms with van der Waals surface area (Å²) in [7, 11) is 0. The number of carbonyl (C=O) groups is 2. The van der Waals surface area contributed by atoms with Gasteiger partial charge in [-0.3, -0.25) is 9.59 Å². The second kappa shape index (κ2) is 6.23. The van der Waals surface area contributed by atoms with Gasteiger partial charge in [-0.2, -0.15) is 0 Å². The Hall–Kier alpha value is -1.84. The normalized spacial score (nSPS) is 22.9. The highest BCUT2D eigenvalue weighted by atomic mass is 16.2. The third-order valence-electron chi connectivity index (χ3n) is 5.75. The summed E-state index contributed by atoms with van der Waals surface area (Å²) < 4.78 is 0. The molecule has 3 aliphatic rings. The van der Waals surface area contributed by atoms with Crippen molar-refractivity contribution >= 4 is 11.8 Å². The largest absolute Gasteiger partial charge is 0.346 e. The summed E-state index contributed by atoms with van der Waals surface area (Å²) in [4.78, 5) is 27.0. The van der Waals surface area contributed by atoms with E-state index in [0.29, 0.717) is 11.8 Å². The predicted octanol–water partition coefficient (Wildman–Crippen LogP) is 2.99. The van der Waals surface area contributed by atoms with Crippen LogP contribution < -0.4 is 5.32 Å². The number of likely N-dealkylation sites (tertiary alicyclic amines) is 1. The molecule has 1 heterocycles. The van der Waals surface area contributed by atoms with Crippen LogP contribution >= 0.6 is 0 Å². The van der Waals surface area contributed by atoms with Crippen molar-refractivity contribution in [3.8, 4) is 0 Å². The molecule has 2 aliphatic carbocycles. The van der Waals surface area contributed by atoms with E-state index in [0.717, 1.165) is 56.7 Å². The van der Waals surface area contributed by atoms with Gasteiger partial charge in [0.1, 0.15) is 0 Å². The van der Waals surface area contributed by atoms with Crippen LogP contribution in [0.3, 0.4) is 0 Å². The summed E-state index contributed by atoms with van der Waals surface area (Å²) in [5.74, 6) is 1.41. The van der Waals surface area contributed by atoms with Crippen molar-refractivity contribution in [1.82, 2.24) is 10.2 Å². The van der Waals surface area contributed by atoms with Gasteiger partial charge in [0, 0.05) is 30.1 Å². The molecule has 0 spiro atoms. The summed E-state index contributed by atoms with van der Waals surface area (Å²) in [6, 6.07) is 9.47. The average Bonchev–Trinajstić information content (AvgIpc) is 3.50. The third kappa shape index (κ3) is 3.47. The number of hydrogen-bond acceptors (Lipinski definition) is 2. The quantitative estimate of drug-likeness (QED) is 0.904. The first-order chi connectivity index (χ1) is 11.7. The molecule has 3 fully saturated rings. The predicted molar refractivity (Wildman–Crippen MR) is 92.5 cm³/mol. The Bertz CT molecular complexity index is 612. The van der Waals surface area contributed by atoms with E-state index < -0.39 is 0 Å². The molecule has 2 saturated carbocycles. The van der Waals surface area contributed by atoms with Crippen LogP contribution in [0.5, 0.6) is 0 Å². The molecule has 4 rings (SSSR count). The number of hydrogen-bond donors (Lipinski definition) is 1. The van der Waals surface area contributed by atoms with Crippen molar-refractivity contribution in [3.63, 3.8) is 0 Å². The molecular formula is C20H26N2O2. The first kappa shape index (κ1) is 15.7. The van der Waals surface area contributed by atoms with Crippen molar-refractivity contribution in [3.05, 3.63) is 35.9 Å². The highest BCUT2D eigenvalue weighted by Gasteiger charge is 2.43. The van der Waals surface area contributed by atoms with E-state index in [9.17, 15) is 9.59 Å². The van der Waals surface area contributed by atoms with E-state index in [1.54, 1.807) is 0 Å². The van der Waals surface area contributed by atoms with Crippen LogP contribution in [0.2, 0.25) is 0 Å². The third-order valence-corrected chi connectivity index (χ3v) is 5.75. The van der Waals surface area contributed by atoms with Crippen molar-refractivity contribution < 1.29 is 9.59 Å². The molecule has 0 radical (unpaired) electrons. The van der Waals surface area contributed by atoms with Gasteiger partial charge in [-0.1, -0.05) is 31.0 Å². The van der Waals surface area contributed by atoms with Gasteiger partial charge in [-0.25, -0.2) is 0 Å². The van der Waals surface area contributed by atoms with Crippen LogP contribution in [0.25, 0.3) is 0 Å². The maximum absolute atomic E-state index is 12.7. The van der Waals surface area contributed by atoms with E-state index >= 15 is 0 Å². The zero-order chi connectivity index (χ0) is 16.6. The number of carbonyl (C=O) groups excluding carboxylic acids is 2. The van der Waals surface area contributed by atoms with Crippen LogP contribution in [0.1, 0.15) is 55.3 Å². The van der Waals surface area contributed by atoms with Gasteiger partial charge in [0.25, 0.3) is 5.91 Å². The highest BCUT2D eigenvalue weighted by Crippen LogP contribution is 2.41.